The van der Waals surface area contributed by atoms with Crippen molar-refractivity contribution in [1.82, 2.24) is 5.32 Å². The van der Waals surface area contributed by atoms with Crippen LogP contribution in [-0.2, 0) is 11.0 Å². The molecule has 1 unspecified atom stereocenters. The maximum Gasteiger partial charge on any atom is 0.418 e. The van der Waals surface area contributed by atoms with E-state index in [1.807, 2.05) is 0 Å². The van der Waals surface area contributed by atoms with Crippen molar-refractivity contribution in [2.45, 2.75) is 19.1 Å². The molecule has 1 amide bonds. The number of fused-ring (bicyclic) bond motifs is 1. The van der Waals surface area contributed by atoms with Gasteiger partial charge in [0.25, 0.3) is 0 Å². The number of hydrogen-bond acceptors (Lipinski definition) is 2. The number of anilines is 1. The Kier molecular flexibility index (Phi) is 2.82. The van der Waals surface area contributed by atoms with Crippen LogP contribution in [-0.4, -0.2) is 12.5 Å². The average Bonchev–Trinajstić information content (AvgIpc) is 2.54. The van der Waals surface area contributed by atoms with Crippen molar-refractivity contribution >= 4 is 11.6 Å². The van der Waals surface area contributed by atoms with E-state index in [1.165, 1.54) is 12.1 Å². The molecule has 17 heavy (non-hydrogen) atoms. The molecule has 3 nitrogen and oxygen atoms in total. The number of benzene rings is 1. The second-order valence-electron chi connectivity index (χ2n) is 3.75. The van der Waals surface area contributed by atoms with Gasteiger partial charge in [-0.05, 0) is 12.6 Å². The van der Waals surface area contributed by atoms with Crippen LogP contribution in [0, 0.1) is 0 Å². The van der Waals surface area contributed by atoms with Crippen molar-refractivity contribution in [3.05, 3.63) is 29.3 Å². The van der Waals surface area contributed by atoms with Gasteiger partial charge < -0.3 is 10.6 Å². The van der Waals surface area contributed by atoms with Gasteiger partial charge in [0.2, 0.25) is 5.91 Å². The molecule has 92 valence electrons. The van der Waals surface area contributed by atoms with E-state index in [-0.39, 0.29) is 5.69 Å². The average molecular weight is 244 g/mol. The van der Waals surface area contributed by atoms with Crippen LogP contribution in [0.2, 0.25) is 0 Å². The Morgan fingerprint density at radius 2 is 2.12 bits per heavy atom. The van der Waals surface area contributed by atoms with E-state index < -0.39 is 23.7 Å². The maximum atomic E-state index is 12.7. The fourth-order valence-electron chi connectivity index (χ4n) is 1.93. The number of carbonyl (C=O) groups is 1. The Hall–Kier alpha value is -1.56. The number of rotatable bonds is 2. The minimum atomic E-state index is -4.46. The summed E-state index contributed by atoms with van der Waals surface area (Å²) in [6.45, 7) is 2.30. The Morgan fingerprint density at radius 3 is 2.71 bits per heavy atom. The third-order valence-corrected chi connectivity index (χ3v) is 2.63. The highest BCUT2D eigenvalue weighted by molar-refractivity contribution is 6.03. The minimum Gasteiger partial charge on any atom is -0.324 e. The Bertz CT molecular complexity index is 457. The summed E-state index contributed by atoms with van der Waals surface area (Å²) >= 11 is 0. The van der Waals surface area contributed by atoms with Crippen LogP contribution in [0.1, 0.15) is 24.1 Å². The van der Waals surface area contributed by atoms with Crippen LogP contribution >= 0.6 is 0 Å². The lowest BCUT2D eigenvalue weighted by Gasteiger charge is -2.12. The fourth-order valence-corrected chi connectivity index (χ4v) is 1.93. The van der Waals surface area contributed by atoms with Gasteiger partial charge in [0.1, 0.15) is 6.04 Å². The van der Waals surface area contributed by atoms with Crippen molar-refractivity contribution in [2.24, 2.45) is 0 Å². The highest BCUT2D eigenvalue weighted by Crippen LogP contribution is 2.41. The summed E-state index contributed by atoms with van der Waals surface area (Å²) in [7, 11) is 0. The molecule has 1 aromatic carbocycles. The number of para-hydroxylation sites is 1. The normalized spacial score (nSPS) is 19.1. The van der Waals surface area contributed by atoms with E-state index in [2.05, 4.69) is 10.6 Å². The molecule has 0 spiro atoms. The zero-order chi connectivity index (χ0) is 12.6. The van der Waals surface area contributed by atoms with Gasteiger partial charge in [-0.25, -0.2) is 0 Å². The summed E-state index contributed by atoms with van der Waals surface area (Å²) in [6, 6.07) is 3.10. The van der Waals surface area contributed by atoms with Crippen LogP contribution in [0.5, 0.6) is 0 Å². The molecule has 0 fully saturated rings. The quantitative estimate of drug-likeness (QED) is 0.838. The smallest absolute Gasteiger partial charge is 0.324 e. The predicted octanol–water partition coefficient (Wildman–Crippen LogP) is 2.31. The molecule has 0 saturated carbocycles. The number of carbonyl (C=O) groups excluding carboxylic acids is 1. The Morgan fingerprint density at radius 1 is 1.41 bits per heavy atom. The van der Waals surface area contributed by atoms with Crippen molar-refractivity contribution in [2.75, 3.05) is 11.9 Å². The summed E-state index contributed by atoms with van der Waals surface area (Å²) < 4.78 is 38.1. The molecule has 1 aromatic rings. The van der Waals surface area contributed by atoms with Crippen molar-refractivity contribution in [3.8, 4) is 0 Å². The minimum absolute atomic E-state index is 0.129. The monoisotopic (exact) mass is 244 g/mol. The number of nitrogens with one attached hydrogen (secondary N) is 2. The topological polar surface area (TPSA) is 41.1 Å². The van der Waals surface area contributed by atoms with E-state index in [0.717, 1.165) is 6.07 Å². The lowest BCUT2D eigenvalue weighted by atomic mass is 10.0. The van der Waals surface area contributed by atoms with Gasteiger partial charge in [-0.15, -0.1) is 0 Å². The number of hydrogen-bond donors (Lipinski definition) is 2. The molecule has 1 heterocycles. The molecule has 0 bridgehead atoms. The number of halogens is 3. The third kappa shape index (κ3) is 2.00. The van der Waals surface area contributed by atoms with Gasteiger partial charge in [0.15, 0.2) is 0 Å². The number of alkyl halides is 3. The zero-order valence-electron chi connectivity index (χ0n) is 9.06. The highest BCUT2D eigenvalue weighted by Gasteiger charge is 2.40. The summed E-state index contributed by atoms with van der Waals surface area (Å²) in [5.74, 6) is -0.446. The van der Waals surface area contributed by atoms with Gasteiger partial charge in [-0.2, -0.15) is 13.2 Å². The van der Waals surface area contributed by atoms with E-state index in [1.54, 1.807) is 6.92 Å². The Labute approximate surface area is 96.0 Å². The van der Waals surface area contributed by atoms with Crippen LogP contribution < -0.4 is 10.6 Å². The van der Waals surface area contributed by atoms with E-state index in [0.29, 0.717) is 12.1 Å². The van der Waals surface area contributed by atoms with Crippen molar-refractivity contribution < 1.29 is 18.0 Å². The fraction of sp³-hybridized carbons (Fsp3) is 0.364. The zero-order valence-corrected chi connectivity index (χ0v) is 9.06. The largest absolute Gasteiger partial charge is 0.418 e. The number of amides is 1. The standard InChI is InChI=1S/C11H11F3N2O/c1-2-15-9-6-4-3-5-7(11(12,13)14)8(6)16-10(9)17/h3-5,9,15H,2H2,1H3,(H,16,17). The summed E-state index contributed by atoms with van der Waals surface area (Å²) in [4.78, 5) is 11.6. The second kappa shape index (κ2) is 4.03. The highest BCUT2D eigenvalue weighted by atomic mass is 19.4. The molecule has 1 aliphatic rings. The lowest BCUT2D eigenvalue weighted by Crippen LogP contribution is -2.27. The SMILES string of the molecule is CCNC1C(=O)Nc2c1cccc2C(F)(F)F. The Balaban J connectivity index is 2.49. The van der Waals surface area contributed by atoms with Gasteiger partial charge >= 0.3 is 6.18 Å². The third-order valence-electron chi connectivity index (χ3n) is 2.63. The van der Waals surface area contributed by atoms with Gasteiger partial charge in [0, 0.05) is 5.56 Å². The molecule has 0 aromatic heterocycles. The molecular formula is C11H11F3N2O. The van der Waals surface area contributed by atoms with Crippen LogP contribution in [0.4, 0.5) is 18.9 Å². The van der Waals surface area contributed by atoms with Gasteiger partial charge in [-0.3, -0.25) is 4.79 Å². The summed E-state index contributed by atoms with van der Waals surface area (Å²) in [6.07, 6.45) is -4.46. The van der Waals surface area contributed by atoms with E-state index in [9.17, 15) is 18.0 Å². The second-order valence-corrected chi connectivity index (χ2v) is 3.75. The first-order chi connectivity index (χ1) is 7.95. The molecule has 2 N–H and O–H groups in total. The summed E-state index contributed by atoms with van der Waals surface area (Å²) in [5.41, 5.74) is -0.577. The molecular weight excluding hydrogens is 233 g/mol. The van der Waals surface area contributed by atoms with Crippen LogP contribution in [0.25, 0.3) is 0 Å². The van der Waals surface area contributed by atoms with E-state index in [4.69, 9.17) is 0 Å². The first-order valence-electron chi connectivity index (χ1n) is 5.19. The molecule has 0 aliphatic carbocycles. The first kappa shape index (κ1) is 11.9. The number of likely N-dealkylation sites (N-methyl/N-ethyl adjacent to an activating group) is 1. The molecule has 2 rings (SSSR count). The molecule has 1 atom stereocenters. The molecule has 6 heteroatoms. The lowest BCUT2D eigenvalue weighted by molar-refractivity contribution is -0.136. The maximum absolute atomic E-state index is 12.7. The van der Waals surface area contributed by atoms with E-state index >= 15 is 0 Å². The first-order valence-corrected chi connectivity index (χ1v) is 5.19. The molecule has 0 saturated heterocycles. The molecule has 0 radical (unpaired) electrons. The van der Waals surface area contributed by atoms with Crippen molar-refractivity contribution in [1.29, 1.82) is 0 Å². The van der Waals surface area contributed by atoms with Crippen molar-refractivity contribution in [3.63, 3.8) is 0 Å². The predicted molar refractivity (Wildman–Crippen MR) is 56.5 cm³/mol. The molecule has 1 aliphatic heterocycles. The van der Waals surface area contributed by atoms with Gasteiger partial charge in [-0.1, -0.05) is 19.1 Å². The summed E-state index contributed by atoms with van der Waals surface area (Å²) in [5, 5.41) is 5.14. The van der Waals surface area contributed by atoms with Gasteiger partial charge in [0.05, 0.1) is 11.3 Å². The van der Waals surface area contributed by atoms with Crippen LogP contribution in [0.15, 0.2) is 18.2 Å². The van der Waals surface area contributed by atoms with Crippen LogP contribution in [0.3, 0.4) is 0 Å².